The van der Waals surface area contributed by atoms with Crippen LogP contribution in [0.5, 0.6) is 0 Å². The van der Waals surface area contributed by atoms with Crippen molar-refractivity contribution in [1.82, 2.24) is 0 Å². The summed E-state index contributed by atoms with van der Waals surface area (Å²) >= 11 is 0. The van der Waals surface area contributed by atoms with E-state index in [4.69, 9.17) is 14.7 Å². The molecular weight excluding hydrogens is 154 g/mol. The average molecular weight is 169 g/mol. The summed E-state index contributed by atoms with van der Waals surface area (Å²) in [5.74, 6) is 0. The van der Waals surface area contributed by atoms with Crippen LogP contribution in [0.2, 0.25) is 0 Å². The van der Waals surface area contributed by atoms with Gasteiger partial charge in [-0.25, -0.2) is 0 Å². The van der Waals surface area contributed by atoms with Gasteiger partial charge in [0.25, 0.3) is 0 Å². The first-order valence-electron chi connectivity index (χ1n) is 4.46. The van der Waals surface area contributed by atoms with Gasteiger partial charge in [0.15, 0.2) is 5.60 Å². The van der Waals surface area contributed by atoms with Crippen molar-refractivity contribution in [2.24, 2.45) is 0 Å². The molecule has 3 nitrogen and oxygen atoms in total. The Bertz CT molecular complexity index is 168. The van der Waals surface area contributed by atoms with E-state index in [0.717, 1.165) is 6.42 Å². The van der Waals surface area contributed by atoms with E-state index in [2.05, 4.69) is 6.07 Å². The largest absolute Gasteiger partial charge is 0.381 e. The summed E-state index contributed by atoms with van der Waals surface area (Å²) in [5.41, 5.74) is -0.547. The van der Waals surface area contributed by atoms with Gasteiger partial charge in [-0.15, -0.1) is 0 Å². The molecule has 0 atom stereocenters. The Balaban J connectivity index is 2.44. The third-order valence-corrected chi connectivity index (χ3v) is 2.09. The van der Waals surface area contributed by atoms with Crippen LogP contribution in [0.15, 0.2) is 0 Å². The van der Waals surface area contributed by atoms with Crippen LogP contribution in [0.25, 0.3) is 0 Å². The molecule has 0 aliphatic carbocycles. The molecule has 1 saturated heterocycles. The normalized spacial score (nSPS) is 21.7. The zero-order valence-corrected chi connectivity index (χ0v) is 7.51. The summed E-state index contributed by atoms with van der Waals surface area (Å²) in [5, 5.41) is 8.94. The maximum absolute atomic E-state index is 8.94. The molecule has 0 bridgehead atoms. The molecule has 0 radical (unpaired) electrons. The van der Waals surface area contributed by atoms with Crippen molar-refractivity contribution in [2.75, 3.05) is 19.8 Å². The summed E-state index contributed by atoms with van der Waals surface area (Å²) in [6.07, 6.45) is 2.39. The fourth-order valence-electron chi connectivity index (χ4n) is 1.29. The van der Waals surface area contributed by atoms with E-state index < -0.39 is 5.60 Å². The summed E-state index contributed by atoms with van der Waals surface area (Å²) in [4.78, 5) is 0. The van der Waals surface area contributed by atoms with Crippen LogP contribution >= 0.6 is 0 Å². The third-order valence-electron chi connectivity index (χ3n) is 2.09. The lowest BCUT2D eigenvalue weighted by Gasteiger charge is -2.30. The minimum Gasteiger partial charge on any atom is -0.381 e. The van der Waals surface area contributed by atoms with E-state index >= 15 is 0 Å². The Kier molecular flexibility index (Phi) is 3.51. The Labute approximate surface area is 73.3 Å². The molecule has 3 heteroatoms. The van der Waals surface area contributed by atoms with E-state index in [-0.39, 0.29) is 0 Å². The highest BCUT2D eigenvalue weighted by Crippen LogP contribution is 2.24. The molecule has 0 N–H and O–H groups in total. The first kappa shape index (κ1) is 9.50. The van der Waals surface area contributed by atoms with E-state index in [1.165, 1.54) is 0 Å². The molecule has 0 aromatic heterocycles. The van der Waals surface area contributed by atoms with Crippen LogP contribution in [0.3, 0.4) is 0 Å². The Morgan fingerprint density at radius 2 is 2.17 bits per heavy atom. The minimum atomic E-state index is -0.547. The molecule has 12 heavy (non-hydrogen) atoms. The summed E-state index contributed by atoms with van der Waals surface area (Å²) in [6, 6.07) is 2.25. The third kappa shape index (κ3) is 2.20. The lowest BCUT2D eigenvalue weighted by molar-refractivity contribution is -0.0755. The van der Waals surface area contributed by atoms with Gasteiger partial charge in [-0.1, -0.05) is 6.92 Å². The van der Waals surface area contributed by atoms with Crippen molar-refractivity contribution < 1.29 is 9.47 Å². The fraction of sp³-hybridized carbons (Fsp3) is 0.889. The predicted molar refractivity (Wildman–Crippen MR) is 44.6 cm³/mol. The van der Waals surface area contributed by atoms with Gasteiger partial charge < -0.3 is 9.47 Å². The van der Waals surface area contributed by atoms with Crippen LogP contribution in [-0.2, 0) is 9.47 Å². The van der Waals surface area contributed by atoms with E-state index in [0.29, 0.717) is 32.7 Å². The SMILES string of the molecule is CCCOC1(C#N)CCOCC1. The molecule has 0 amide bonds. The van der Waals surface area contributed by atoms with Gasteiger partial charge in [0.1, 0.15) is 0 Å². The molecule has 1 rings (SSSR count). The summed E-state index contributed by atoms with van der Waals surface area (Å²) < 4.78 is 10.7. The number of nitrogens with zero attached hydrogens (tertiary/aromatic N) is 1. The van der Waals surface area contributed by atoms with E-state index in [1.807, 2.05) is 6.92 Å². The van der Waals surface area contributed by atoms with Crippen molar-refractivity contribution in [3.8, 4) is 6.07 Å². The van der Waals surface area contributed by atoms with Gasteiger partial charge in [-0.2, -0.15) is 5.26 Å². The highest BCUT2D eigenvalue weighted by molar-refractivity contribution is 5.03. The van der Waals surface area contributed by atoms with Crippen LogP contribution in [0.4, 0.5) is 0 Å². The van der Waals surface area contributed by atoms with Gasteiger partial charge in [0, 0.05) is 19.4 Å². The van der Waals surface area contributed by atoms with E-state index in [1.54, 1.807) is 0 Å². The van der Waals surface area contributed by atoms with Gasteiger partial charge in [-0.3, -0.25) is 0 Å². The zero-order valence-electron chi connectivity index (χ0n) is 7.51. The van der Waals surface area contributed by atoms with Gasteiger partial charge in [-0.05, 0) is 6.42 Å². The van der Waals surface area contributed by atoms with Crippen molar-refractivity contribution in [3.63, 3.8) is 0 Å². The van der Waals surface area contributed by atoms with Gasteiger partial charge in [0.05, 0.1) is 19.3 Å². The second-order valence-corrected chi connectivity index (χ2v) is 3.07. The van der Waals surface area contributed by atoms with Crippen molar-refractivity contribution in [2.45, 2.75) is 31.8 Å². The van der Waals surface area contributed by atoms with Crippen LogP contribution in [0, 0.1) is 11.3 Å². The quantitative estimate of drug-likeness (QED) is 0.642. The summed E-state index contributed by atoms with van der Waals surface area (Å²) in [6.45, 7) is 4.02. The lowest BCUT2D eigenvalue weighted by atomic mass is 9.96. The first-order valence-corrected chi connectivity index (χ1v) is 4.46. The molecular formula is C9H15NO2. The number of ether oxygens (including phenoxy) is 2. The molecule has 0 unspecified atom stereocenters. The Morgan fingerprint density at radius 3 is 2.67 bits per heavy atom. The van der Waals surface area contributed by atoms with Gasteiger partial charge in [0.2, 0.25) is 0 Å². The fourth-order valence-corrected chi connectivity index (χ4v) is 1.29. The zero-order chi connectivity index (χ0) is 8.86. The number of nitriles is 1. The van der Waals surface area contributed by atoms with Crippen LogP contribution in [-0.4, -0.2) is 25.4 Å². The molecule has 0 aromatic rings. The van der Waals surface area contributed by atoms with Crippen LogP contribution in [0.1, 0.15) is 26.2 Å². The Morgan fingerprint density at radius 1 is 1.50 bits per heavy atom. The average Bonchev–Trinajstić information content (AvgIpc) is 2.16. The molecule has 1 aliphatic heterocycles. The lowest BCUT2D eigenvalue weighted by Crippen LogP contribution is -2.37. The van der Waals surface area contributed by atoms with Crippen molar-refractivity contribution in [3.05, 3.63) is 0 Å². The monoisotopic (exact) mass is 169 g/mol. The molecule has 1 fully saturated rings. The van der Waals surface area contributed by atoms with Crippen molar-refractivity contribution >= 4 is 0 Å². The second kappa shape index (κ2) is 4.44. The standard InChI is InChI=1S/C9H15NO2/c1-2-5-12-9(8-10)3-6-11-7-4-9/h2-7H2,1H3. The molecule has 68 valence electrons. The topological polar surface area (TPSA) is 42.2 Å². The highest BCUT2D eigenvalue weighted by Gasteiger charge is 2.33. The molecule has 0 saturated carbocycles. The number of rotatable bonds is 3. The second-order valence-electron chi connectivity index (χ2n) is 3.07. The minimum absolute atomic E-state index is 0.547. The molecule has 1 heterocycles. The highest BCUT2D eigenvalue weighted by atomic mass is 16.5. The molecule has 0 spiro atoms. The predicted octanol–water partition coefficient (Wildman–Crippen LogP) is 1.49. The smallest absolute Gasteiger partial charge is 0.158 e. The molecule has 1 aliphatic rings. The first-order chi connectivity index (χ1) is 5.83. The van der Waals surface area contributed by atoms with Crippen LogP contribution < -0.4 is 0 Å². The van der Waals surface area contributed by atoms with E-state index in [9.17, 15) is 0 Å². The number of hydrogen-bond acceptors (Lipinski definition) is 3. The Hall–Kier alpha value is -0.590. The maximum atomic E-state index is 8.94. The summed E-state index contributed by atoms with van der Waals surface area (Å²) in [7, 11) is 0. The van der Waals surface area contributed by atoms with Gasteiger partial charge >= 0.3 is 0 Å². The number of hydrogen-bond donors (Lipinski definition) is 0. The maximum Gasteiger partial charge on any atom is 0.158 e. The molecule has 0 aromatic carbocycles. The van der Waals surface area contributed by atoms with Crippen molar-refractivity contribution in [1.29, 1.82) is 5.26 Å².